The van der Waals surface area contributed by atoms with E-state index in [1.807, 2.05) is 25.1 Å². The van der Waals surface area contributed by atoms with Crippen LogP contribution in [0.3, 0.4) is 0 Å². The van der Waals surface area contributed by atoms with Gasteiger partial charge >= 0.3 is 0 Å². The SMILES string of the molecule is CCNC(=NCc1ccc(C)c(F)c1)NCC1(c2ccc(OC)cc2)CCOCC1. The Morgan fingerprint density at radius 2 is 1.87 bits per heavy atom. The highest BCUT2D eigenvalue weighted by atomic mass is 19.1. The van der Waals surface area contributed by atoms with E-state index in [0.29, 0.717) is 12.1 Å². The van der Waals surface area contributed by atoms with Crippen molar-refractivity contribution in [2.24, 2.45) is 4.99 Å². The van der Waals surface area contributed by atoms with Crippen LogP contribution in [0.2, 0.25) is 0 Å². The molecule has 0 unspecified atom stereocenters. The van der Waals surface area contributed by atoms with Crippen molar-refractivity contribution in [3.8, 4) is 5.75 Å². The molecule has 1 heterocycles. The number of halogens is 1. The van der Waals surface area contributed by atoms with Crippen molar-refractivity contribution in [3.63, 3.8) is 0 Å². The number of ether oxygens (including phenoxy) is 2. The zero-order valence-corrected chi connectivity index (χ0v) is 18.1. The maximum atomic E-state index is 13.8. The molecule has 0 bridgehead atoms. The van der Waals surface area contributed by atoms with Gasteiger partial charge in [-0.25, -0.2) is 9.38 Å². The highest BCUT2D eigenvalue weighted by molar-refractivity contribution is 5.79. The van der Waals surface area contributed by atoms with Gasteiger partial charge in [0, 0.05) is 31.7 Å². The van der Waals surface area contributed by atoms with Crippen molar-refractivity contribution in [2.45, 2.75) is 38.6 Å². The third-order valence-electron chi connectivity index (χ3n) is 5.75. The van der Waals surface area contributed by atoms with Gasteiger partial charge in [0.2, 0.25) is 0 Å². The molecule has 162 valence electrons. The molecular weight excluding hydrogens is 381 g/mol. The fraction of sp³-hybridized carbons (Fsp3) is 0.458. The topological polar surface area (TPSA) is 54.9 Å². The molecule has 1 saturated heterocycles. The first-order valence-corrected chi connectivity index (χ1v) is 10.6. The molecule has 2 N–H and O–H groups in total. The lowest BCUT2D eigenvalue weighted by Gasteiger charge is -2.38. The smallest absolute Gasteiger partial charge is 0.191 e. The van der Waals surface area contributed by atoms with Crippen LogP contribution in [-0.2, 0) is 16.7 Å². The predicted octanol–water partition coefficient (Wildman–Crippen LogP) is 3.95. The molecule has 0 amide bonds. The van der Waals surface area contributed by atoms with E-state index in [-0.39, 0.29) is 11.2 Å². The lowest BCUT2D eigenvalue weighted by Crippen LogP contribution is -2.48. The highest BCUT2D eigenvalue weighted by Crippen LogP contribution is 2.35. The lowest BCUT2D eigenvalue weighted by atomic mass is 9.74. The van der Waals surface area contributed by atoms with E-state index < -0.39 is 0 Å². The minimum Gasteiger partial charge on any atom is -0.497 e. The number of methoxy groups -OCH3 is 1. The molecule has 0 spiro atoms. The normalized spacial score (nSPS) is 16.2. The third-order valence-corrected chi connectivity index (χ3v) is 5.75. The first-order valence-electron chi connectivity index (χ1n) is 10.6. The number of guanidine groups is 1. The number of aliphatic imine (C=N–C) groups is 1. The van der Waals surface area contributed by atoms with E-state index in [4.69, 9.17) is 9.47 Å². The fourth-order valence-electron chi connectivity index (χ4n) is 3.77. The minimum atomic E-state index is -0.193. The summed E-state index contributed by atoms with van der Waals surface area (Å²) >= 11 is 0. The molecule has 0 radical (unpaired) electrons. The summed E-state index contributed by atoms with van der Waals surface area (Å²) in [5.41, 5.74) is 2.74. The Morgan fingerprint density at radius 1 is 1.13 bits per heavy atom. The second kappa shape index (κ2) is 10.4. The van der Waals surface area contributed by atoms with Crippen LogP contribution in [-0.4, -0.2) is 39.4 Å². The molecule has 1 aliphatic heterocycles. The number of rotatable bonds is 7. The molecule has 0 saturated carbocycles. The van der Waals surface area contributed by atoms with Gasteiger partial charge in [0.05, 0.1) is 13.7 Å². The lowest BCUT2D eigenvalue weighted by molar-refractivity contribution is 0.0513. The summed E-state index contributed by atoms with van der Waals surface area (Å²) in [6.07, 6.45) is 1.88. The van der Waals surface area contributed by atoms with Gasteiger partial charge < -0.3 is 20.1 Å². The number of hydrogen-bond acceptors (Lipinski definition) is 3. The number of benzene rings is 2. The van der Waals surface area contributed by atoms with E-state index in [9.17, 15) is 4.39 Å². The van der Waals surface area contributed by atoms with Gasteiger partial charge in [-0.1, -0.05) is 24.3 Å². The van der Waals surface area contributed by atoms with Crippen LogP contribution in [0.4, 0.5) is 4.39 Å². The zero-order chi connectivity index (χ0) is 21.4. The van der Waals surface area contributed by atoms with E-state index >= 15 is 0 Å². The van der Waals surface area contributed by atoms with Crippen LogP contribution >= 0.6 is 0 Å². The van der Waals surface area contributed by atoms with Gasteiger partial charge in [-0.15, -0.1) is 0 Å². The molecule has 30 heavy (non-hydrogen) atoms. The van der Waals surface area contributed by atoms with Crippen LogP contribution in [0, 0.1) is 12.7 Å². The summed E-state index contributed by atoms with van der Waals surface area (Å²) in [6.45, 7) is 7.21. The molecular formula is C24H32FN3O2. The molecule has 5 nitrogen and oxygen atoms in total. The van der Waals surface area contributed by atoms with Gasteiger partial charge in [0.25, 0.3) is 0 Å². The summed E-state index contributed by atoms with van der Waals surface area (Å²) in [7, 11) is 1.68. The molecule has 2 aromatic rings. The average molecular weight is 414 g/mol. The number of nitrogens with zero attached hydrogens (tertiary/aromatic N) is 1. The quantitative estimate of drug-likeness (QED) is 0.533. The Bertz CT molecular complexity index is 846. The van der Waals surface area contributed by atoms with Crippen molar-refractivity contribution in [1.29, 1.82) is 0 Å². The van der Waals surface area contributed by atoms with Crippen molar-refractivity contribution in [2.75, 3.05) is 33.4 Å². The minimum absolute atomic E-state index is 0.0311. The van der Waals surface area contributed by atoms with E-state index in [0.717, 1.165) is 56.4 Å². The van der Waals surface area contributed by atoms with Crippen LogP contribution in [0.5, 0.6) is 5.75 Å². The maximum absolute atomic E-state index is 13.8. The number of hydrogen-bond donors (Lipinski definition) is 2. The zero-order valence-electron chi connectivity index (χ0n) is 18.1. The highest BCUT2D eigenvalue weighted by Gasteiger charge is 2.34. The summed E-state index contributed by atoms with van der Waals surface area (Å²) in [5.74, 6) is 1.40. The van der Waals surface area contributed by atoms with Gasteiger partial charge in [0.15, 0.2) is 5.96 Å². The van der Waals surface area contributed by atoms with Crippen LogP contribution < -0.4 is 15.4 Å². The molecule has 1 aliphatic rings. The largest absolute Gasteiger partial charge is 0.497 e. The summed E-state index contributed by atoms with van der Waals surface area (Å²) in [4.78, 5) is 4.67. The fourth-order valence-corrected chi connectivity index (χ4v) is 3.77. The van der Waals surface area contributed by atoms with Crippen LogP contribution in [0.1, 0.15) is 36.5 Å². The Hall–Kier alpha value is -2.60. The molecule has 0 aliphatic carbocycles. The summed E-state index contributed by atoms with van der Waals surface area (Å²) in [6, 6.07) is 13.6. The molecule has 6 heteroatoms. The second-order valence-electron chi connectivity index (χ2n) is 7.75. The number of aryl methyl sites for hydroxylation is 1. The predicted molar refractivity (Wildman–Crippen MR) is 119 cm³/mol. The Labute approximate surface area is 178 Å². The maximum Gasteiger partial charge on any atom is 0.191 e. The molecule has 0 atom stereocenters. The molecule has 0 aromatic heterocycles. The average Bonchev–Trinajstić information content (AvgIpc) is 2.78. The summed E-state index contributed by atoms with van der Waals surface area (Å²) in [5, 5.41) is 6.81. The Morgan fingerprint density at radius 3 is 2.50 bits per heavy atom. The third kappa shape index (κ3) is 5.51. The standard InChI is InChI=1S/C24H32FN3O2/c1-4-26-23(27-16-19-6-5-18(2)22(25)15-19)28-17-24(11-13-30-14-12-24)20-7-9-21(29-3)10-8-20/h5-10,15H,4,11-14,16-17H2,1-3H3,(H2,26,27,28). The van der Waals surface area contributed by atoms with Gasteiger partial charge in [-0.05, 0) is 61.6 Å². The van der Waals surface area contributed by atoms with Crippen molar-refractivity contribution in [1.82, 2.24) is 10.6 Å². The van der Waals surface area contributed by atoms with Crippen molar-refractivity contribution >= 4 is 5.96 Å². The molecule has 1 fully saturated rings. The van der Waals surface area contributed by atoms with E-state index in [1.165, 1.54) is 5.56 Å². The van der Waals surface area contributed by atoms with Crippen LogP contribution in [0.25, 0.3) is 0 Å². The van der Waals surface area contributed by atoms with E-state index in [1.54, 1.807) is 26.2 Å². The first-order chi connectivity index (χ1) is 14.6. The Balaban J connectivity index is 1.74. The van der Waals surface area contributed by atoms with Gasteiger partial charge in [0.1, 0.15) is 11.6 Å². The van der Waals surface area contributed by atoms with Crippen molar-refractivity contribution in [3.05, 3.63) is 65.0 Å². The Kier molecular flexibility index (Phi) is 7.69. The molecule has 3 rings (SSSR count). The van der Waals surface area contributed by atoms with Gasteiger partial charge in [-0.3, -0.25) is 0 Å². The van der Waals surface area contributed by atoms with Gasteiger partial charge in [-0.2, -0.15) is 0 Å². The van der Waals surface area contributed by atoms with Crippen LogP contribution in [0.15, 0.2) is 47.5 Å². The number of nitrogens with one attached hydrogen (secondary N) is 2. The summed E-state index contributed by atoms with van der Waals surface area (Å²) < 4.78 is 24.8. The van der Waals surface area contributed by atoms with Crippen molar-refractivity contribution < 1.29 is 13.9 Å². The second-order valence-corrected chi connectivity index (χ2v) is 7.75. The monoisotopic (exact) mass is 413 g/mol. The molecule has 2 aromatic carbocycles. The van der Waals surface area contributed by atoms with E-state index in [2.05, 4.69) is 27.8 Å². The first kappa shape index (κ1) is 22.1.